The highest BCUT2D eigenvalue weighted by atomic mass is 16.6. The number of benzene rings is 1. The molecule has 7 atom stereocenters. The van der Waals surface area contributed by atoms with Gasteiger partial charge in [0.1, 0.15) is 17.7 Å². The molecule has 10 nitrogen and oxygen atoms in total. The quantitative estimate of drug-likeness (QED) is 0.222. The number of aliphatic hydroxyl groups excluding tert-OH is 1. The highest BCUT2D eigenvalue weighted by Gasteiger charge is 2.75. The van der Waals surface area contributed by atoms with Crippen molar-refractivity contribution >= 4 is 23.7 Å². The zero-order valence-corrected chi connectivity index (χ0v) is 27.0. The number of aliphatic hydroxyl groups is 1. The minimum Gasteiger partial charge on any atom is -0.455 e. The molecule has 1 saturated carbocycles. The van der Waals surface area contributed by atoms with E-state index < -0.39 is 47.7 Å². The molecule has 1 aromatic carbocycles. The maximum atomic E-state index is 14.7. The van der Waals surface area contributed by atoms with Crippen molar-refractivity contribution in [2.75, 3.05) is 19.7 Å². The van der Waals surface area contributed by atoms with Crippen molar-refractivity contribution in [2.45, 2.75) is 107 Å². The van der Waals surface area contributed by atoms with Crippen LogP contribution in [0.25, 0.3) is 0 Å². The van der Waals surface area contributed by atoms with Crippen LogP contribution >= 0.6 is 0 Å². The van der Waals surface area contributed by atoms with Crippen LogP contribution in [0.5, 0.6) is 0 Å². The Bertz CT molecular complexity index is 1280. The molecule has 1 aromatic rings. The van der Waals surface area contributed by atoms with E-state index in [1.807, 2.05) is 42.2 Å². The average molecular weight is 636 g/mol. The lowest BCUT2D eigenvalue weighted by atomic mass is 9.70. The van der Waals surface area contributed by atoms with E-state index in [4.69, 9.17) is 9.47 Å². The highest BCUT2D eigenvalue weighted by Crippen LogP contribution is 2.59. The Balaban J connectivity index is 1.45. The number of hydrogen-bond acceptors (Lipinski definition) is 7. The number of carbonyl (C=O) groups excluding carboxylic acids is 4. The molecule has 0 radical (unpaired) electrons. The molecule has 5 rings (SSSR count). The summed E-state index contributed by atoms with van der Waals surface area (Å²) >= 11 is 0. The maximum absolute atomic E-state index is 14.7. The number of nitrogens with one attached hydrogen (secondary N) is 1. The standard InChI is InChI=1S/C36H49N3O7/c1-4-7-18-29(41)37-22-28(24-14-10-8-11-15-24)45-35(44)30-27-19-20-36(46-27)31(30)33(42)39(25(6-3)23-40)32(36)34(43)38(21-5-2)26-16-12-9-13-17-26/h4-5,8,10-11,14-15,25-28,30-32,40H,1-2,6-7,9,12-13,16-23H2,3H3,(H,37,41)/t25-,27-,28+,30+,31+,32-,36+/m0/s1. The van der Waals surface area contributed by atoms with Gasteiger partial charge >= 0.3 is 5.97 Å². The lowest BCUT2D eigenvalue weighted by Gasteiger charge is -2.42. The average Bonchev–Trinajstić information content (AvgIpc) is 3.73. The summed E-state index contributed by atoms with van der Waals surface area (Å²) < 4.78 is 12.8. The number of fused-ring (bicyclic) bond motifs is 1. The lowest BCUT2D eigenvalue weighted by Crippen LogP contribution is -2.60. The fourth-order valence-electron chi connectivity index (χ4n) is 8.20. The maximum Gasteiger partial charge on any atom is 0.313 e. The van der Waals surface area contributed by atoms with Crippen molar-refractivity contribution in [1.82, 2.24) is 15.1 Å². The topological polar surface area (TPSA) is 125 Å². The van der Waals surface area contributed by atoms with Crippen LogP contribution in [0, 0.1) is 11.8 Å². The van der Waals surface area contributed by atoms with Crippen LogP contribution in [0.4, 0.5) is 0 Å². The molecule has 2 N–H and O–H groups in total. The summed E-state index contributed by atoms with van der Waals surface area (Å²) in [6.45, 7) is 9.56. The summed E-state index contributed by atoms with van der Waals surface area (Å²) in [4.78, 5) is 59.1. The van der Waals surface area contributed by atoms with Crippen molar-refractivity contribution in [3.63, 3.8) is 0 Å². The number of carbonyl (C=O) groups is 4. The summed E-state index contributed by atoms with van der Waals surface area (Å²) in [6, 6.07) is 7.67. The Morgan fingerprint density at radius 2 is 1.89 bits per heavy atom. The van der Waals surface area contributed by atoms with E-state index in [1.165, 1.54) is 4.90 Å². The lowest BCUT2D eigenvalue weighted by molar-refractivity contribution is -0.161. The van der Waals surface area contributed by atoms with Gasteiger partial charge < -0.3 is 29.7 Å². The fraction of sp³-hybridized carbons (Fsp3) is 0.611. The van der Waals surface area contributed by atoms with Crippen molar-refractivity contribution in [3.8, 4) is 0 Å². The van der Waals surface area contributed by atoms with E-state index in [9.17, 15) is 24.3 Å². The van der Waals surface area contributed by atoms with Crippen molar-refractivity contribution in [1.29, 1.82) is 0 Å². The molecule has 4 aliphatic rings. The third-order valence-corrected chi connectivity index (χ3v) is 10.4. The second kappa shape index (κ2) is 14.9. The zero-order valence-electron chi connectivity index (χ0n) is 27.0. The van der Waals surface area contributed by atoms with Gasteiger partial charge in [0.05, 0.1) is 37.1 Å². The van der Waals surface area contributed by atoms with Crippen LogP contribution in [-0.4, -0.2) is 88.1 Å². The minimum atomic E-state index is -1.19. The number of rotatable bonds is 15. The Morgan fingerprint density at radius 3 is 2.54 bits per heavy atom. The third-order valence-electron chi connectivity index (χ3n) is 10.4. The van der Waals surface area contributed by atoms with Crippen molar-refractivity contribution in [2.24, 2.45) is 11.8 Å². The minimum absolute atomic E-state index is 0.0357. The van der Waals surface area contributed by atoms with Crippen molar-refractivity contribution in [3.05, 3.63) is 61.2 Å². The van der Waals surface area contributed by atoms with E-state index in [1.54, 1.807) is 12.2 Å². The molecule has 1 spiro atoms. The van der Waals surface area contributed by atoms with Gasteiger partial charge in [-0.2, -0.15) is 0 Å². The van der Waals surface area contributed by atoms with Gasteiger partial charge in [0.15, 0.2) is 0 Å². The molecule has 3 saturated heterocycles. The monoisotopic (exact) mass is 635 g/mol. The number of amides is 3. The SMILES string of the molecule is C=CCCC(=O)NC[C@@H](OC(=O)[C@@H]1[C@@H]2CC[C@]3(O2)[C@H](C(=O)N(CC=C)C2CCCCC2)N([C@@H](CC)CO)C(=O)[C@@H]13)c1ccccc1. The Hall–Kier alpha value is -3.50. The number of hydrogen-bond donors (Lipinski definition) is 2. The largest absolute Gasteiger partial charge is 0.455 e. The van der Waals surface area contributed by atoms with Gasteiger partial charge in [0.25, 0.3) is 0 Å². The predicted molar refractivity (Wildman–Crippen MR) is 172 cm³/mol. The molecule has 3 amide bonds. The highest BCUT2D eigenvalue weighted by molar-refractivity contribution is 5.98. The second-order valence-corrected chi connectivity index (χ2v) is 13.1. The fourth-order valence-corrected chi connectivity index (χ4v) is 8.20. The molecule has 10 heteroatoms. The zero-order chi connectivity index (χ0) is 32.8. The first-order valence-electron chi connectivity index (χ1n) is 17.0. The van der Waals surface area contributed by atoms with Crippen LogP contribution in [0.15, 0.2) is 55.6 Å². The summed E-state index contributed by atoms with van der Waals surface area (Å²) in [5.74, 6) is -3.14. The molecule has 4 fully saturated rings. The molecule has 250 valence electrons. The number of ether oxygens (including phenoxy) is 2. The van der Waals surface area contributed by atoms with Gasteiger partial charge in [-0.1, -0.05) is 68.7 Å². The first-order chi connectivity index (χ1) is 22.3. The summed E-state index contributed by atoms with van der Waals surface area (Å²) in [5, 5.41) is 13.3. The van der Waals surface area contributed by atoms with Crippen LogP contribution in [0.1, 0.15) is 82.8 Å². The molecular weight excluding hydrogens is 586 g/mol. The summed E-state index contributed by atoms with van der Waals surface area (Å²) in [7, 11) is 0. The van der Waals surface area contributed by atoms with Crippen molar-refractivity contribution < 1.29 is 33.8 Å². The number of allylic oxidation sites excluding steroid dienone is 1. The van der Waals surface area contributed by atoms with E-state index in [-0.39, 0.29) is 43.3 Å². The molecule has 1 aliphatic carbocycles. The Morgan fingerprint density at radius 1 is 1.15 bits per heavy atom. The normalized spacial score (nSPS) is 28.3. The predicted octanol–water partition coefficient (Wildman–Crippen LogP) is 3.85. The van der Waals surface area contributed by atoms with E-state index >= 15 is 0 Å². The van der Waals surface area contributed by atoms with Crippen LogP contribution < -0.4 is 5.32 Å². The van der Waals surface area contributed by atoms with Crippen LogP contribution in [0.2, 0.25) is 0 Å². The first kappa shape index (κ1) is 33.9. The van der Waals surface area contributed by atoms with Gasteiger partial charge in [-0.05, 0) is 44.1 Å². The van der Waals surface area contributed by atoms with E-state index in [0.29, 0.717) is 37.8 Å². The number of nitrogens with zero attached hydrogens (tertiary/aromatic N) is 2. The summed E-state index contributed by atoms with van der Waals surface area (Å²) in [6.07, 6.45) is 9.22. The molecule has 3 heterocycles. The first-order valence-corrected chi connectivity index (χ1v) is 17.0. The summed E-state index contributed by atoms with van der Waals surface area (Å²) in [5.41, 5.74) is -0.481. The molecule has 0 aromatic heterocycles. The molecular formula is C36H49N3O7. The van der Waals surface area contributed by atoms with Gasteiger partial charge in [0.2, 0.25) is 17.7 Å². The Kier molecular flexibility index (Phi) is 11.0. The second-order valence-electron chi connectivity index (χ2n) is 13.1. The van der Waals surface area contributed by atoms with Gasteiger partial charge in [0, 0.05) is 19.0 Å². The molecule has 0 unspecified atom stereocenters. The Labute approximate surface area is 272 Å². The molecule has 3 aliphatic heterocycles. The molecule has 46 heavy (non-hydrogen) atoms. The van der Waals surface area contributed by atoms with Gasteiger partial charge in [-0.3, -0.25) is 19.2 Å². The molecule has 2 bridgehead atoms. The third kappa shape index (κ3) is 6.38. The van der Waals surface area contributed by atoms with E-state index in [2.05, 4.69) is 18.5 Å². The smallest absolute Gasteiger partial charge is 0.313 e. The van der Waals surface area contributed by atoms with Gasteiger partial charge in [-0.15, -0.1) is 13.2 Å². The van der Waals surface area contributed by atoms with Crippen LogP contribution in [0.3, 0.4) is 0 Å². The van der Waals surface area contributed by atoms with E-state index in [0.717, 1.165) is 32.1 Å². The van der Waals surface area contributed by atoms with Gasteiger partial charge in [-0.25, -0.2) is 0 Å². The number of esters is 1. The van der Waals surface area contributed by atoms with Crippen LogP contribution in [-0.2, 0) is 28.7 Å². The number of likely N-dealkylation sites (tertiary alicyclic amines) is 1.